The van der Waals surface area contributed by atoms with Crippen molar-refractivity contribution in [3.8, 4) is 0 Å². The summed E-state index contributed by atoms with van der Waals surface area (Å²) in [7, 11) is -4.23. The van der Waals surface area contributed by atoms with E-state index < -0.39 is 10.4 Å². The molecule has 4 nitrogen and oxygen atoms in total. The van der Waals surface area contributed by atoms with Crippen molar-refractivity contribution in [2.24, 2.45) is 0 Å². The zero-order valence-electron chi connectivity index (χ0n) is 25.3. The maximum Gasteiger partial charge on any atom is 1.00 e. The van der Waals surface area contributed by atoms with Crippen molar-refractivity contribution in [1.82, 2.24) is 0 Å². The van der Waals surface area contributed by atoms with Crippen LogP contribution in [-0.2, 0) is 14.6 Å². The third kappa shape index (κ3) is 47.6. The van der Waals surface area contributed by atoms with Gasteiger partial charge >= 0.3 is 69.5 Å². The molecule has 0 radical (unpaired) electrons. The molecule has 0 saturated carbocycles. The smallest absolute Gasteiger partial charge is 1.00 e. The Bertz CT molecular complexity index is 420. The van der Waals surface area contributed by atoms with Crippen molar-refractivity contribution in [1.29, 1.82) is 0 Å². The van der Waals surface area contributed by atoms with E-state index in [2.05, 4.69) is 25.0 Å². The number of hydrogen-bond acceptors (Lipinski definition) is 3. The van der Waals surface area contributed by atoms with Crippen molar-refractivity contribution in [2.45, 2.75) is 162 Å². The van der Waals surface area contributed by atoms with Crippen molar-refractivity contribution in [3.63, 3.8) is 0 Å². The van der Waals surface area contributed by atoms with Crippen molar-refractivity contribution >= 4 is 10.4 Å². The molecule has 0 aliphatic carbocycles. The molecule has 0 bridgehead atoms. The van der Waals surface area contributed by atoms with Crippen LogP contribution >= 0.6 is 0 Å². The largest absolute Gasteiger partial charge is 1.00 e. The fourth-order valence-corrected chi connectivity index (χ4v) is 4.00. The van der Waals surface area contributed by atoms with Crippen LogP contribution in [0.1, 0.15) is 165 Å². The van der Waals surface area contributed by atoms with Crippen LogP contribution in [0.3, 0.4) is 0 Å². The van der Waals surface area contributed by atoms with E-state index in [9.17, 15) is 8.42 Å². The second kappa shape index (κ2) is 36.0. The van der Waals surface area contributed by atoms with E-state index >= 15 is 0 Å². The van der Waals surface area contributed by atoms with Crippen LogP contribution in [0.5, 0.6) is 0 Å². The van der Waals surface area contributed by atoms with E-state index in [1.807, 2.05) is 0 Å². The quantitative estimate of drug-likeness (QED) is 0.129. The van der Waals surface area contributed by atoms with Crippen LogP contribution in [-0.4, -0.2) is 19.6 Å². The number of unbranched alkanes of at least 4 members (excludes halogenated alkanes) is 20. The van der Waals surface area contributed by atoms with E-state index in [4.69, 9.17) is 4.55 Å². The summed E-state index contributed by atoms with van der Waals surface area (Å²) in [6.07, 6.45) is 29.3. The fourth-order valence-electron chi connectivity index (χ4n) is 3.67. The molecule has 0 aliphatic heterocycles. The Labute approximate surface area is 256 Å². The minimum Gasteiger partial charge on any atom is -1.00 e. The maximum atomic E-state index is 10.2. The standard InChI is InChI=1S/C14H30.C12H26O4S.2Na.2H/c1-3-5-7-9-11-13-14-12-10-8-6-4-2;1-2-3-4-5-6-7-8-9-10-11-12-16-17(13,14)15;;;;/h3-14H2,1-2H3;2-12H2,1H3,(H,13,14,15);;;;/q;;2*+1;2*-1. The van der Waals surface area contributed by atoms with Gasteiger partial charge in [0.05, 0.1) is 6.61 Å². The van der Waals surface area contributed by atoms with Gasteiger partial charge in [-0.05, 0) is 6.42 Å². The molecule has 1 N–H and O–H groups in total. The molecule has 7 heteroatoms. The summed E-state index contributed by atoms with van der Waals surface area (Å²) in [5.41, 5.74) is 0. The van der Waals surface area contributed by atoms with E-state index in [1.165, 1.54) is 122 Å². The van der Waals surface area contributed by atoms with Gasteiger partial charge in [-0.2, -0.15) is 8.42 Å². The molecular weight excluding hydrogens is 454 g/mol. The minimum absolute atomic E-state index is 0. The molecule has 0 aliphatic rings. The van der Waals surface area contributed by atoms with Gasteiger partial charge in [0.15, 0.2) is 0 Å². The Morgan fingerprint density at radius 2 is 0.697 bits per heavy atom. The first kappa shape index (κ1) is 42.0. The maximum absolute atomic E-state index is 10.2. The Morgan fingerprint density at radius 1 is 0.485 bits per heavy atom. The predicted molar refractivity (Wildman–Crippen MR) is 138 cm³/mol. The Morgan fingerprint density at radius 3 is 0.909 bits per heavy atom. The van der Waals surface area contributed by atoms with E-state index in [1.54, 1.807) is 0 Å². The normalized spacial score (nSPS) is 10.7. The van der Waals surface area contributed by atoms with Gasteiger partial charge < -0.3 is 2.85 Å². The summed E-state index contributed by atoms with van der Waals surface area (Å²) >= 11 is 0. The van der Waals surface area contributed by atoms with Crippen LogP contribution < -0.4 is 59.1 Å². The molecule has 0 rings (SSSR count). The molecule has 0 aromatic rings. The van der Waals surface area contributed by atoms with Crippen LogP contribution in [0.2, 0.25) is 0 Å². The zero-order chi connectivity index (χ0) is 23.5. The molecule has 0 atom stereocenters. The molecule has 0 unspecified atom stereocenters. The minimum atomic E-state index is -4.23. The van der Waals surface area contributed by atoms with Crippen LogP contribution in [0.15, 0.2) is 0 Å². The first-order valence-corrected chi connectivity index (χ1v) is 15.0. The van der Waals surface area contributed by atoms with Gasteiger partial charge in [-0.3, -0.25) is 4.55 Å². The molecule has 194 valence electrons. The van der Waals surface area contributed by atoms with Gasteiger partial charge in [-0.1, -0.05) is 156 Å². The SMILES string of the molecule is CCCCCCCCCCCCCC.CCCCCCCCCCCCOS(=O)(=O)O.[H-].[H-].[Na+].[Na+]. The van der Waals surface area contributed by atoms with Gasteiger partial charge in [-0.15, -0.1) is 0 Å². The Kier molecular flexibility index (Phi) is 45.8. The van der Waals surface area contributed by atoms with Crippen LogP contribution in [0.25, 0.3) is 0 Å². The summed E-state index contributed by atoms with van der Waals surface area (Å²) in [6, 6.07) is 0. The second-order valence-corrected chi connectivity index (χ2v) is 10.1. The molecule has 0 aromatic carbocycles. The van der Waals surface area contributed by atoms with Gasteiger partial charge in [0.2, 0.25) is 0 Å². The summed E-state index contributed by atoms with van der Waals surface area (Å²) in [6.45, 7) is 6.88. The van der Waals surface area contributed by atoms with Crippen molar-refractivity contribution < 1.29 is 79.1 Å². The topological polar surface area (TPSA) is 63.6 Å². The Hall–Kier alpha value is 1.87. The third-order valence-electron chi connectivity index (χ3n) is 5.69. The first-order valence-electron chi connectivity index (χ1n) is 13.6. The van der Waals surface area contributed by atoms with E-state index in [-0.39, 0.29) is 68.6 Å². The number of hydrogen-bond donors (Lipinski definition) is 1. The average Bonchev–Trinajstić information content (AvgIpc) is 2.73. The summed E-state index contributed by atoms with van der Waals surface area (Å²) in [5.74, 6) is 0. The second-order valence-electron chi connectivity index (χ2n) is 8.97. The third-order valence-corrected chi connectivity index (χ3v) is 6.15. The van der Waals surface area contributed by atoms with Crippen molar-refractivity contribution in [3.05, 3.63) is 0 Å². The Balaban J connectivity index is -0.000000109. The first-order chi connectivity index (χ1) is 15.0. The molecule has 33 heavy (non-hydrogen) atoms. The average molecular weight is 513 g/mol. The predicted octanol–water partition coefficient (Wildman–Crippen LogP) is 3.67. The molecule has 0 aromatic heterocycles. The summed E-state index contributed by atoms with van der Waals surface area (Å²) in [4.78, 5) is 0. The molecular formula is C26H58Na2O4S. The zero-order valence-corrected chi connectivity index (χ0v) is 28.2. The summed E-state index contributed by atoms with van der Waals surface area (Å²) < 4.78 is 33.0. The fraction of sp³-hybridized carbons (Fsp3) is 1.00. The van der Waals surface area contributed by atoms with Crippen LogP contribution in [0, 0.1) is 0 Å². The van der Waals surface area contributed by atoms with Gasteiger partial charge in [-0.25, -0.2) is 4.18 Å². The molecule has 0 amide bonds. The van der Waals surface area contributed by atoms with Gasteiger partial charge in [0, 0.05) is 0 Å². The molecule has 0 fully saturated rings. The monoisotopic (exact) mass is 512 g/mol. The molecule has 0 spiro atoms. The van der Waals surface area contributed by atoms with Gasteiger partial charge in [0.25, 0.3) is 0 Å². The van der Waals surface area contributed by atoms with E-state index in [0.29, 0.717) is 6.42 Å². The summed E-state index contributed by atoms with van der Waals surface area (Å²) in [5, 5.41) is 0. The van der Waals surface area contributed by atoms with Gasteiger partial charge in [0.1, 0.15) is 0 Å². The van der Waals surface area contributed by atoms with Crippen molar-refractivity contribution in [2.75, 3.05) is 6.61 Å². The van der Waals surface area contributed by atoms with Crippen LogP contribution in [0.4, 0.5) is 0 Å². The molecule has 0 saturated heterocycles. The van der Waals surface area contributed by atoms with E-state index in [0.717, 1.165) is 12.8 Å². The molecule has 0 heterocycles. The number of rotatable bonds is 23.